The molecule has 2 N–H and O–H groups in total. The fourth-order valence-electron chi connectivity index (χ4n) is 4.18. The van der Waals surface area contributed by atoms with E-state index >= 15 is 0 Å². The largest absolute Gasteiger partial charge is 0.415 e. The molecule has 0 spiro atoms. The van der Waals surface area contributed by atoms with Crippen LogP contribution in [0.5, 0.6) is 5.88 Å². The van der Waals surface area contributed by atoms with Crippen molar-refractivity contribution < 1.29 is 26.7 Å². The van der Waals surface area contributed by atoms with Gasteiger partial charge in [-0.3, -0.25) is 9.69 Å². The molecule has 1 aliphatic heterocycles. The third kappa shape index (κ3) is 6.08. The number of ether oxygens (including phenoxy) is 1. The smallest absolute Gasteiger partial charge is 0.388 e. The lowest BCUT2D eigenvalue weighted by molar-refractivity contribution is -0.128. The van der Waals surface area contributed by atoms with E-state index in [0.29, 0.717) is 25.3 Å². The maximum absolute atomic E-state index is 13.7. The standard InChI is InChI=1S/C23H30F2N4O4S/c1-15(2)17-7-5-6-8-18(17)23(13-29(14-23)12-11-26-34(4,31)32)21(30)28-19-10-9-16(3)27-20(19)33-22(24)25/h5-10,15,22,26H,11-14H2,1-4H3,(H,28,30). The lowest BCUT2D eigenvalue weighted by atomic mass is 9.69. The molecule has 0 unspecified atom stereocenters. The number of nitrogens with one attached hydrogen (secondary N) is 2. The van der Waals surface area contributed by atoms with Crippen LogP contribution < -0.4 is 14.8 Å². The van der Waals surface area contributed by atoms with Crippen LogP contribution in [0.25, 0.3) is 0 Å². The van der Waals surface area contributed by atoms with Crippen LogP contribution in [0.1, 0.15) is 36.6 Å². The molecule has 0 radical (unpaired) electrons. The highest BCUT2D eigenvalue weighted by Crippen LogP contribution is 2.40. The van der Waals surface area contributed by atoms with Gasteiger partial charge in [0.1, 0.15) is 5.69 Å². The monoisotopic (exact) mass is 496 g/mol. The Morgan fingerprint density at radius 3 is 2.50 bits per heavy atom. The first-order valence-electron chi connectivity index (χ1n) is 10.9. The average molecular weight is 497 g/mol. The maximum Gasteiger partial charge on any atom is 0.388 e. The van der Waals surface area contributed by atoms with Gasteiger partial charge >= 0.3 is 6.61 Å². The predicted molar refractivity (Wildman–Crippen MR) is 126 cm³/mol. The lowest BCUT2D eigenvalue weighted by Gasteiger charge is -2.50. The van der Waals surface area contributed by atoms with Crippen molar-refractivity contribution in [2.75, 3.05) is 37.8 Å². The first-order valence-corrected chi connectivity index (χ1v) is 12.8. The summed E-state index contributed by atoms with van der Waals surface area (Å²) in [6.45, 7) is 3.97. The number of hydrogen-bond acceptors (Lipinski definition) is 6. The molecule has 0 saturated carbocycles. The SMILES string of the molecule is Cc1ccc(NC(=O)C2(c3ccccc3C(C)C)CN(CCNS(C)(=O)=O)C2)c(OC(F)F)n1. The highest BCUT2D eigenvalue weighted by atomic mass is 32.2. The highest BCUT2D eigenvalue weighted by Gasteiger charge is 2.51. The first kappa shape index (κ1) is 26.0. The van der Waals surface area contributed by atoms with Gasteiger partial charge in [0.15, 0.2) is 0 Å². The van der Waals surface area contributed by atoms with E-state index < -0.39 is 22.0 Å². The van der Waals surface area contributed by atoms with E-state index in [1.807, 2.05) is 43.0 Å². The van der Waals surface area contributed by atoms with Crippen molar-refractivity contribution in [3.05, 3.63) is 53.2 Å². The Kier molecular flexibility index (Phi) is 7.89. The van der Waals surface area contributed by atoms with Gasteiger partial charge < -0.3 is 10.1 Å². The Labute approximate surface area is 198 Å². The van der Waals surface area contributed by atoms with Crippen LogP contribution in [0.2, 0.25) is 0 Å². The highest BCUT2D eigenvalue weighted by molar-refractivity contribution is 7.88. The van der Waals surface area contributed by atoms with E-state index in [2.05, 4.69) is 19.8 Å². The van der Waals surface area contributed by atoms with Crippen molar-refractivity contribution in [2.45, 2.75) is 38.7 Å². The quantitative estimate of drug-likeness (QED) is 0.525. The third-order valence-electron chi connectivity index (χ3n) is 5.76. The van der Waals surface area contributed by atoms with Crippen molar-refractivity contribution in [2.24, 2.45) is 0 Å². The number of carbonyl (C=O) groups excluding carboxylic acids is 1. The number of hydrogen-bond donors (Lipinski definition) is 2. The van der Waals surface area contributed by atoms with E-state index in [-0.39, 0.29) is 29.9 Å². The van der Waals surface area contributed by atoms with Gasteiger partial charge in [-0.2, -0.15) is 8.78 Å². The molecular formula is C23H30F2N4O4S. The summed E-state index contributed by atoms with van der Waals surface area (Å²) in [5, 5.41) is 2.75. The second kappa shape index (κ2) is 10.3. The second-order valence-corrected chi connectivity index (χ2v) is 10.7. The maximum atomic E-state index is 13.7. The van der Waals surface area contributed by atoms with Crippen molar-refractivity contribution in [1.82, 2.24) is 14.6 Å². The summed E-state index contributed by atoms with van der Waals surface area (Å²) in [6, 6.07) is 10.8. The fourth-order valence-corrected chi connectivity index (χ4v) is 4.64. The zero-order valence-electron chi connectivity index (χ0n) is 19.6. The Bertz CT molecular complexity index is 1140. The minimum Gasteiger partial charge on any atom is -0.415 e. The minimum atomic E-state index is -3.32. The van der Waals surface area contributed by atoms with Gasteiger partial charge in [-0.05, 0) is 36.1 Å². The Hall–Kier alpha value is -2.63. The normalized spacial score (nSPS) is 15.9. The van der Waals surface area contributed by atoms with Crippen LogP contribution in [-0.2, 0) is 20.2 Å². The molecule has 11 heteroatoms. The number of sulfonamides is 1. The number of halogens is 2. The number of nitrogens with zero attached hydrogens (tertiary/aromatic N) is 2. The van der Waals surface area contributed by atoms with Gasteiger partial charge in [-0.25, -0.2) is 18.1 Å². The van der Waals surface area contributed by atoms with Crippen LogP contribution in [0.3, 0.4) is 0 Å². The molecule has 0 aliphatic carbocycles. The van der Waals surface area contributed by atoms with E-state index in [0.717, 1.165) is 17.4 Å². The summed E-state index contributed by atoms with van der Waals surface area (Å²) >= 11 is 0. The van der Waals surface area contributed by atoms with Gasteiger partial charge in [0.05, 0.1) is 11.7 Å². The Balaban J connectivity index is 1.90. The van der Waals surface area contributed by atoms with E-state index in [1.54, 1.807) is 13.0 Å². The van der Waals surface area contributed by atoms with Gasteiger partial charge in [-0.1, -0.05) is 38.1 Å². The molecule has 0 bridgehead atoms. The van der Waals surface area contributed by atoms with Crippen LogP contribution in [0.4, 0.5) is 14.5 Å². The molecule has 2 heterocycles. The molecule has 1 aliphatic rings. The summed E-state index contributed by atoms with van der Waals surface area (Å²) in [6.07, 6.45) is 1.09. The Morgan fingerprint density at radius 2 is 1.88 bits per heavy atom. The molecule has 1 amide bonds. The number of benzene rings is 1. The molecule has 1 saturated heterocycles. The fraction of sp³-hybridized carbons (Fsp3) is 0.478. The number of carbonyl (C=O) groups is 1. The van der Waals surface area contributed by atoms with Crippen LogP contribution >= 0.6 is 0 Å². The molecule has 186 valence electrons. The number of anilines is 1. The number of amides is 1. The molecule has 1 fully saturated rings. The number of rotatable bonds is 10. The van der Waals surface area contributed by atoms with Crippen LogP contribution in [0, 0.1) is 6.92 Å². The predicted octanol–water partition coefficient (Wildman–Crippen LogP) is 2.86. The van der Waals surface area contributed by atoms with Crippen LogP contribution in [-0.4, -0.2) is 63.3 Å². The molecule has 1 aromatic heterocycles. The number of aromatic nitrogens is 1. The van der Waals surface area contributed by atoms with Gasteiger partial charge in [0, 0.05) is 31.9 Å². The average Bonchev–Trinajstić information content (AvgIpc) is 2.70. The molecule has 0 atom stereocenters. The van der Waals surface area contributed by atoms with E-state index in [4.69, 9.17) is 0 Å². The summed E-state index contributed by atoms with van der Waals surface area (Å²) in [5.41, 5.74) is 1.46. The van der Waals surface area contributed by atoms with E-state index in [1.165, 1.54) is 6.07 Å². The Morgan fingerprint density at radius 1 is 1.21 bits per heavy atom. The van der Waals surface area contributed by atoms with Crippen molar-refractivity contribution in [1.29, 1.82) is 0 Å². The zero-order chi connectivity index (χ0) is 25.1. The second-order valence-electron chi connectivity index (χ2n) is 8.84. The third-order valence-corrected chi connectivity index (χ3v) is 6.49. The van der Waals surface area contributed by atoms with E-state index in [9.17, 15) is 22.0 Å². The first-order chi connectivity index (χ1) is 15.9. The van der Waals surface area contributed by atoms with Gasteiger partial charge in [0.2, 0.25) is 21.8 Å². The summed E-state index contributed by atoms with van der Waals surface area (Å²) in [5.74, 6) is -0.553. The number of alkyl halides is 2. The number of pyridine rings is 1. The number of aryl methyl sites for hydroxylation is 1. The summed E-state index contributed by atoms with van der Waals surface area (Å²) in [7, 11) is -3.32. The molecule has 8 nitrogen and oxygen atoms in total. The zero-order valence-corrected chi connectivity index (χ0v) is 20.5. The van der Waals surface area contributed by atoms with Crippen LogP contribution in [0.15, 0.2) is 36.4 Å². The van der Waals surface area contributed by atoms with Crippen molar-refractivity contribution >= 4 is 21.6 Å². The molecule has 2 aromatic rings. The van der Waals surface area contributed by atoms with Gasteiger partial charge in [-0.15, -0.1) is 0 Å². The molecule has 34 heavy (non-hydrogen) atoms. The molecular weight excluding hydrogens is 466 g/mol. The molecule has 1 aromatic carbocycles. The summed E-state index contributed by atoms with van der Waals surface area (Å²) in [4.78, 5) is 19.6. The number of likely N-dealkylation sites (tertiary alicyclic amines) is 1. The molecule has 3 rings (SSSR count). The summed E-state index contributed by atoms with van der Waals surface area (Å²) < 4.78 is 55.5. The minimum absolute atomic E-state index is 0.0643. The topological polar surface area (TPSA) is 101 Å². The van der Waals surface area contributed by atoms with Crippen molar-refractivity contribution in [3.63, 3.8) is 0 Å². The lowest BCUT2D eigenvalue weighted by Crippen LogP contribution is -2.66. The van der Waals surface area contributed by atoms with Crippen molar-refractivity contribution in [3.8, 4) is 5.88 Å². The van der Waals surface area contributed by atoms with Gasteiger partial charge in [0.25, 0.3) is 0 Å².